The van der Waals surface area contributed by atoms with Crippen LogP contribution in [-0.4, -0.2) is 35.7 Å². The highest BCUT2D eigenvalue weighted by Gasteiger charge is 2.23. The molecule has 1 amide bonds. The highest BCUT2D eigenvalue weighted by atomic mass is 16.2. The van der Waals surface area contributed by atoms with E-state index in [9.17, 15) is 9.59 Å². The van der Waals surface area contributed by atoms with Crippen molar-refractivity contribution in [1.82, 2.24) is 4.90 Å². The Labute approximate surface area is 154 Å². The van der Waals surface area contributed by atoms with Crippen LogP contribution in [0.1, 0.15) is 36.2 Å². The number of carbonyl (C=O) groups is 2. The molecule has 2 aromatic rings. The number of rotatable bonds is 5. The molecule has 1 heterocycles. The largest absolute Gasteiger partial charge is 0.325 e. The van der Waals surface area contributed by atoms with Gasteiger partial charge in [0.2, 0.25) is 5.91 Å². The molecule has 26 heavy (non-hydrogen) atoms. The Morgan fingerprint density at radius 2 is 1.85 bits per heavy atom. The maximum absolute atomic E-state index is 12.6. The zero-order chi connectivity index (χ0) is 18.5. The summed E-state index contributed by atoms with van der Waals surface area (Å²) in [5.74, 6) is -0.0639. The van der Waals surface area contributed by atoms with Gasteiger partial charge in [-0.15, -0.1) is 0 Å². The minimum atomic E-state index is -0.232. The highest BCUT2D eigenvalue weighted by molar-refractivity contribution is 5.98. The van der Waals surface area contributed by atoms with E-state index in [-0.39, 0.29) is 17.7 Å². The Morgan fingerprint density at radius 1 is 1.08 bits per heavy atom. The second kappa shape index (κ2) is 8.11. The molecule has 0 saturated carbocycles. The molecular formula is C22H24N2O2. The molecule has 0 bridgehead atoms. The zero-order valence-corrected chi connectivity index (χ0v) is 15.2. The van der Waals surface area contributed by atoms with Gasteiger partial charge in [0.15, 0.2) is 5.78 Å². The van der Waals surface area contributed by atoms with Crippen LogP contribution in [0.3, 0.4) is 0 Å². The van der Waals surface area contributed by atoms with Gasteiger partial charge in [0.25, 0.3) is 0 Å². The van der Waals surface area contributed by atoms with Crippen molar-refractivity contribution in [1.29, 1.82) is 0 Å². The normalized spacial score (nSPS) is 15.8. The number of hydrogen-bond donors (Lipinski definition) is 1. The van der Waals surface area contributed by atoms with Crippen molar-refractivity contribution < 1.29 is 9.59 Å². The van der Waals surface area contributed by atoms with Crippen LogP contribution in [0.2, 0.25) is 0 Å². The number of Topliss-reactive ketones (excluding diaryl/α,β-unsaturated/α-hetero) is 1. The fourth-order valence-electron chi connectivity index (χ4n) is 3.18. The summed E-state index contributed by atoms with van der Waals surface area (Å²) in [5.41, 5.74) is 3.85. The molecule has 1 N–H and O–H groups in total. The quantitative estimate of drug-likeness (QED) is 0.831. The molecule has 0 aromatic heterocycles. The first-order chi connectivity index (χ1) is 12.5. The van der Waals surface area contributed by atoms with Crippen molar-refractivity contribution in [2.45, 2.75) is 26.3 Å². The van der Waals surface area contributed by atoms with Crippen LogP contribution in [0.4, 0.5) is 5.69 Å². The Kier molecular flexibility index (Phi) is 5.64. The number of nitrogens with one attached hydrogen (secondary N) is 1. The second-order valence-electron chi connectivity index (χ2n) is 6.64. The monoisotopic (exact) mass is 348 g/mol. The zero-order valence-electron chi connectivity index (χ0n) is 15.2. The van der Waals surface area contributed by atoms with Gasteiger partial charge in [-0.3, -0.25) is 14.5 Å². The average Bonchev–Trinajstić information content (AvgIpc) is 2.68. The van der Waals surface area contributed by atoms with Crippen LogP contribution in [0, 0.1) is 0 Å². The van der Waals surface area contributed by atoms with Crippen LogP contribution in [0.5, 0.6) is 0 Å². The summed E-state index contributed by atoms with van der Waals surface area (Å²) in [4.78, 5) is 26.2. The maximum Gasteiger partial charge on any atom is 0.241 e. The Hall–Kier alpha value is -2.72. The van der Waals surface area contributed by atoms with E-state index in [1.165, 1.54) is 18.1 Å². The second-order valence-corrected chi connectivity index (χ2v) is 6.64. The number of ketones is 1. The van der Waals surface area contributed by atoms with Crippen molar-refractivity contribution in [3.8, 4) is 0 Å². The van der Waals surface area contributed by atoms with E-state index in [0.717, 1.165) is 19.5 Å². The van der Waals surface area contributed by atoms with Crippen molar-refractivity contribution in [2.75, 3.05) is 18.4 Å². The lowest BCUT2D eigenvalue weighted by Crippen LogP contribution is -2.44. The van der Waals surface area contributed by atoms with Crippen molar-refractivity contribution >= 4 is 23.0 Å². The molecule has 0 unspecified atom stereocenters. The van der Waals surface area contributed by atoms with Crippen LogP contribution in [-0.2, 0) is 4.79 Å². The number of carbonyl (C=O) groups excluding carboxylic acids is 2. The molecule has 134 valence electrons. The maximum atomic E-state index is 12.6. The molecule has 0 saturated heterocycles. The van der Waals surface area contributed by atoms with Gasteiger partial charge in [-0.2, -0.15) is 0 Å². The lowest BCUT2D eigenvalue weighted by Gasteiger charge is -2.31. The molecule has 3 rings (SSSR count). The molecule has 0 radical (unpaired) electrons. The fraction of sp³-hybridized carbons (Fsp3) is 0.273. The minimum absolute atomic E-state index is 0.0104. The predicted molar refractivity (Wildman–Crippen MR) is 105 cm³/mol. The van der Waals surface area contributed by atoms with Crippen molar-refractivity contribution in [3.63, 3.8) is 0 Å². The molecule has 0 aliphatic carbocycles. The molecule has 1 atom stereocenters. The molecule has 4 nitrogen and oxygen atoms in total. The number of anilines is 1. The van der Waals surface area contributed by atoms with Gasteiger partial charge in [-0.05, 0) is 43.5 Å². The third-order valence-corrected chi connectivity index (χ3v) is 4.85. The third-order valence-electron chi connectivity index (χ3n) is 4.85. The molecule has 0 fully saturated rings. The van der Waals surface area contributed by atoms with Gasteiger partial charge in [-0.1, -0.05) is 48.5 Å². The van der Waals surface area contributed by atoms with E-state index >= 15 is 0 Å². The van der Waals surface area contributed by atoms with Gasteiger partial charge in [0, 0.05) is 24.3 Å². The molecule has 1 aliphatic heterocycles. The van der Waals surface area contributed by atoms with E-state index in [1.54, 1.807) is 24.3 Å². The third kappa shape index (κ3) is 4.27. The molecule has 2 aromatic carbocycles. The van der Waals surface area contributed by atoms with Crippen LogP contribution in [0.15, 0.2) is 60.7 Å². The standard InChI is InChI=1S/C22H24N2O2/c1-16(22(26)23-21-10-6-9-20(15-21)17(2)25)24-13-11-19(12-14-24)18-7-4-3-5-8-18/h3-11,15-16H,12-14H2,1-2H3,(H,23,26)/t16-/m0/s1. The van der Waals surface area contributed by atoms with E-state index in [0.29, 0.717) is 11.3 Å². The van der Waals surface area contributed by atoms with E-state index in [1.807, 2.05) is 25.1 Å². The highest BCUT2D eigenvalue weighted by Crippen LogP contribution is 2.23. The first-order valence-electron chi connectivity index (χ1n) is 8.95. The van der Waals surface area contributed by atoms with Crippen LogP contribution >= 0.6 is 0 Å². The Morgan fingerprint density at radius 3 is 2.50 bits per heavy atom. The van der Waals surface area contributed by atoms with Crippen molar-refractivity contribution in [2.24, 2.45) is 0 Å². The van der Waals surface area contributed by atoms with Gasteiger partial charge in [0.1, 0.15) is 0 Å². The average molecular weight is 348 g/mol. The van der Waals surface area contributed by atoms with Gasteiger partial charge in [0.05, 0.1) is 6.04 Å². The van der Waals surface area contributed by atoms with Crippen LogP contribution < -0.4 is 5.32 Å². The first-order valence-corrected chi connectivity index (χ1v) is 8.95. The van der Waals surface area contributed by atoms with Gasteiger partial charge in [-0.25, -0.2) is 0 Å². The summed E-state index contributed by atoms with van der Waals surface area (Å²) >= 11 is 0. The summed E-state index contributed by atoms with van der Waals surface area (Å²) in [5, 5.41) is 2.92. The molecule has 0 spiro atoms. The van der Waals surface area contributed by atoms with Crippen LogP contribution in [0.25, 0.3) is 5.57 Å². The Bertz CT molecular complexity index is 827. The lowest BCUT2D eigenvalue weighted by atomic mass is 9.99. The fourth-order valence-corrected chi connectivity index (χ4v) is 3.18. The topological polar surface area (TPSA) is 49.4 Å². The predicted octanol–water partition coefficient (Wildman–Crippen LogP) is 4.01. The van der Waals surface area contributed by atoms with Gasteiger partial charge < -0.3 is 5.32 Å². The molecular weight excluding hydrogens is 324 g/mol. The summed E-state index contributed by atoms with van der Waals surface area (Å²) in [7, 11) is 0. The number of amides is 1. The number of benzene rings is 2. The first kappa shape index (κ1) is 18.1. The van der Waals surface area contributed by atoms with Crippen molar-refractivity contribution in [3.05, 3.63) is 71.8 Å². The summed E-state index contributed by atoms with van der Waals surface area (Å²) < 4.78 is 0. The van der Waals surface area contributed by atoms with E-state index < -0.39 is 0 Å². The van der Waals surface area contributed by atoms with Gasteiger partial charge >= 0.3 is 0 Å². The smallest absolute Gasteiger partial charge is 0.241 e. The SMILES string of the molecule is CC(=O)c1cccc(NC(=O)[C@H](C)N2CC=C(c3ccccc3)CC2)c1. The number of hydrogen-bond acceptors (Lipinski definition) is 3. The summed E-state index contributed by atoms with van der Waals surface area (Å²) in [6.45, 7) is 5.05. The number of nitrogens with zero attached hydrogens (tertiary/aromatic N) is 1. The molecule has 4 heteroatoms. The van der Waals surface area contributed by atoms with E-state index in [2.05, 4.69) is 28.4 Å². The summed E-state index contributed by atoms with van der Waals surface area (Å²) in [6.07, 6.45) is 3.14. The van der Waals surface area contributed by atoms with E-state index in [4.69, 9.17) is 0 Å². The summed E-state index contributed by atoms with van der Waals surface area (Å²) in [6, 6.07) is 17.2. The Balaban J connectivity index is 1.62. The molecule has 1 aliphatic rings. The minimum Gasteiger partial charge on any atom is -0.325 e. The lowest BCUT2D eigenvalue weighted by molar-refractivity contribution is -0.120.